The van der Waals surface area contributed by atoms with Gasteiger partial charge in [-0.25, -0.2) is 0 Å². The number of carbonyl (C=O) groups excluding carboxylic acids is 1. The van der Waals surface area contributed by atoms with Crippen LogP contribution in [0.5, 0.6) is 0 Å². The molecule has 0 radical (unpaired) electrons. The molecule has 72 valence electrons. The Bertz CT molecular complexity index is 259. The molecule has 1 heterocycles. The molecule has 1 rings (SSSR count). The highest BCUT2D eigenvalue weighted by molar-refractivity contribution is 6.00. The lowest BCUT2D eigenvalue weighted by atomic mass is 10.1. The second kappa shape index (κ2) is 4.26. The fourth-order valence-corrected chi connectivity index (χ4v) is 1.34. The Morgan fingerprint density at radius 1 is 1.46 bits per heavy atom. The molecule has 2 heteroatoms. The van der Waals surface area contributed by atoms with Crippen LogP contribution in [0.3, 0.4) is 0 Å². The fourth-order valence-electron chi connectivity index (χ4n) is 1.34. The highest BCUT2D eigenvalue weighted by atomic mass is 16.2. The number of unbranched alkanes of at least 4 members (excludes halogenated alkanes) is 1. The predicted octanol–water partition coefficient (Wildman–Crippen LogP) is 2.48. The molecule has 0 aromatic carbocycles. The van der Waals surface area contributed by atoms with Crippen LogP contribution in [-0.4, -0.2) is 17.4 Å². The Balaban J connectivity index is 2.62. The van der Waals surface area contributed by atoms with E-state index in [9.17, 15) is 4.79 Å². The first-order valence-corrected chi connectivity index (χ1v) is 4.83. The third-order valence-corrected chi connectivity index (χ3v) is 2.20. The van der Waals surface area contributed by atoms with Crippen LogP contribution in [0.2, 0.25) is 0 Å². The van der Waals surface area contributed by atoms with Crippen LogP contribution >= 0.6 is 0 Å². The zero-order valence-electron chi connectivity index (χ0n) is 8.63. The summed E-state index contributed by atoms with van der Waals surface area (Å²) in [4.78, 5) is 13.5. The second-order valence-corrected chi connectivity index (χ2v) is 3.58. The standard InChI is InChI=1S/C11H17NO/c1-4-5-7-12-8-6-10(9(2)3)11(12)13/h6,8H,4-5,7H2,1-3H3. The van der Waals surface area contributed by atoms with Crippen molar-refractivity contribution in [3.05, 3.63) is 23.4 Å². The maximum Gasteiger partial charge on any atom is 0.257 e. The van der Waals surface area contributed by atoms with E-state index < -0.39 is 0 Å². The molecule has 1 aliphatic heterocycles. The van der Waals surface area contributed by atoms with Crippen molar-refractivity contribution >= 4 is 5.91 Å². The molecule has 0 saturated heterocycles. The number of hydrogen-bond acceptors (Lipinski definition) is 1. The predicted molar refractivity (Wildman–Crippen MR) is 54.1 cm³/mol. The zero-order chi connectivity index (χ0) is 9.84. The summed E-state index contributed by atoms with van der Waals surface area (Å²) in [5.74, 6) is 0.161. The van der Waals surface area contributed by atoms with Crippen molar-refractivity contribution in [3.63, 3.8) is 0 Å². The van der Waals surface area contributed by atoms with Crippen molar-refractivity contribution in [1.82, 2.24) is 4.90 Å². The zero-order valence-corrected chi connectivity index (χ0v) is 8.63. The number of hydrogen-bond donors (Lipinski definition) is 0. The normalized spacial score (nSPS) is 15.8. The van der Waals surface area contributed by atoms with Gasteiger partial charge in [0.2, 0.25) is 0 Å². The molecule has 0 spiro atoms. The molecule has 0 bridgehead atoms. The van der Waals surface area contributed by atoms with Crippen LogP contribution in [0.25, 0.3) is 0 Å². The van der Waals surface area contributed by atoms with Crippen molar-refractivity contribution in [2.24, 2.45) is 0 Å². The van der Waals surface area contributed by atoms with E-state index in [0.717, 1.165) is 30.5 Å². The molecule has 0 fully saturated rings. The van der Waals surface area contributed by atoms with Gasteiger partial charge in [0.05, 0.1) is 0 Å². The minimum Gasteiger partial charge on any atom is -0.315 e. The van der Waals surface area contributed by atoms with Gasteiger partial charge < -0.3 is 4.90 Å². The van der Waals surface area contributed by atoms with Crippen molar-refractivity contribution in [2.75, 3.05) is 6.54 Å². The van der Waals surface area contributed by atoms with Gasteiger partial charge in [0.15, 0.2) is 0 Å². The fraction of sp³-hybridized carbons (Fsp3) is 0.545. The van der Waals surface area contributed by atoms with Crippen LogP contribution in [0.15, 0.2) is 23.4 Å². The Kier molecular flexibility index (Phi) is 3.29. The summed E-state index contributed by atoms with van der Waals surface area (Å²) in [6.45, 7) is 6.93. The lowest BCUT2D eigenvalue weighted by Gasteiger charge is -2.12. The maximum absolute atomic E-state index is 11.7. The number of carbonyl (C=O) groups is 1. The van der Waals surface area contributed by atoms with E-state index in [2.05, 4.69) is 6.92 Å². The average molecular weight is 179 g/mol. The molecule has 0 atom stereocenters. The lowest BCUT2D eigenvalue weighted by Crippen LogP contribution is -2.23. The third kappa shape index (κ3) is 2.20. The summed E-state index contributed by atoms with van der Waals surface area (Å²) in [5.41, 5.74) is 1.95. The molecule has 2 nitrogen and oxygen atoms in total. The van der Waals surface area contributed by atoms with Gasteiger partial charge in [-0.15, -0.1) is 0 Å². The molecule has 0 aliphatic carbocycles. The summed E-state index contributed by atoms with van der Waals surface area (Å²) in [6.07, 6.45) is 6.00. The quantitative estimate of drug-likeness (QED) is 0.609. The third-order valence-electron chi connectivity index (χ3n) is 2.20. The molecule has 0 unspecified atom stereocenters. The minimum atomic E-state index is 0.161. The summed E-state index contributed by atoms with van der Waals surface area (Å²) >= 11 is 0. The number of amides is 1. The van der Waals surface area contributed by atoms with Crippen LogP contribution in [-0.2, 0) is 4.79 Å². The Morgan fingerprint density at radius 3 is 2.62 bits per heavy atom. The van der Waals surface area contributed by atoms with Crippen molar-refractivity contribution in [2.45, 2.75) is 33.6 Å². The van der Waals surface area contributed by atoms with Crippen LogP contribution < -0.4 is 0 Å². The van der Waals surface area contributed by atoms with Gasteiger partial charge in [0.1, 0.15) is 0 Å². The largest absolute Gasteiger partial charge is 0.315 e. The van der Waals surface area contributed by atoms with Crippen molar-refractivity contribution in [1.29, 1.82) is 0 Å². The molecular weight excluding hydrogens is 162 g/mol. The first-order chi connectivity index (χ1) is 6.16. The lowest BCUT2D eigenvalue weighted by molar-refractivity contribution is -0.123. The first kappa shape index (κ1) is 10.0. The number of nitrogens with zero attached hydrogens (tertiary/aromatic N) is 1. The molecule has 0 N–H and O–H groups in total. The van der Waals surface area contributed by atoms with E-state index in [4.69, 9.17) is 0 Å². The highest BCUT2D eigenvalue weighted by Crippen LogP contribution is 2.17. The first-order valence-electron chi connectivity index (χ1n) is 4.83. The minimum absolute atomic E-state index is 0.161. The number of rotatable bonds is 3. The Labute approximate surface area is 79.9 Å². The molecular formula is C11H17NO. The average Bonchev–Trinajstić information content (AvgIpc) is 2.43. The van der Waals surface area contributed by atoms with E-state index in [1.807, 2.05) is 26.1 Å². The number of allylic oxidation sites excluding steroid dienone is 1. The van der Waals surface area contributed by atoms with Gasteiger partial charge in [0.25, 0.3) is 5.91 Å². The van der Waals surface area contributed by atoms with Crippen LogP contribution in [0.1, 0.15) is 33.6 Å². The Morgan fingerprint density at radius 2 is 2.15 bits per heavy atom. The van der Waals surface area contributed by atoms with Gasteiger partial charge in [-0.1, -0.05) is 18.9 Å². The van der Waals surface area contributed by atoms with E-state index in [0.29, 0.717) is 0 Å². The molecule has 13 heavy (non-hydrogen) atoms. The molecule has 1 amide bonds. The van der Waals surface area contributed by atoms with Crippen LogP contribution in [0, 0.1) is 0 Å². The molecule has 0 saturated carbocycles. The summed E-state index contributed by atoms with van der Waals surface area (Å²) in [7, 11) is 0. The van der Waals surface area contributed by atoms with E-state index in [-0.39, 0.29) is 5.91 Å². The summed E-state index contributed by atoms with van der Waals surface area (Å²) in [6, 6.07) is 0. The Hall–Kier alpha value is -1.05. The van der Waals surface area contributed by atoms with Gasteiger partial charge in [-0.3, -0.25) is 4.79 Å². The molecule has 1 aliphatic rings. The molecule has 0 aromatic heterocycles. The van der Waals surface area contributed by atoms with E-state index in [1.54, 1.807) is 4.90 Å². The van der Waals surface area contributed by atoms with Gasteiger partial charge in [-0.05, 0) is 26.3 Å². The highest BCUT2D eigenvalue weighted by Gasteiger charge is 2.20. The monoisotopic (exact) mass is 179 g/mol. The smallest absolute Gasteiger partial charge is 0.257 e. The van der Waals surface area contributed by atoms with Crippen molar-refractivity contribution in [3.8, 4) is 0 Å². The van der Waals surface area contributed by atoms with Gasteiger partial charge in [-0.2, -0.15) is 0 Å². The second-order valence-electron chi connectivity index (χ2n) is 3.58. The van der Waals surface area contributed by atoms with E-state index >= 15 is 0 Å². The van der Waals surface area contributed by atoms with Gasteiger partial charge in [0, 0.05) is 18.3 Å². The van der Waals surface area contributed by atoms with Crippen molar-refractivity contribution < 1.29 is 4.79 Å². The maximum atomic E-state index is 11.7. The van der Waals surface area contributed by atoms with E-state index in [1.165, 1.54) is 0 Å². The van der Waals surface area contributed by atoms with Crippen LogP contribution in [0.4, 0.5) is 0 Å². The summed E-state index contributed by atoms with van der Waals surface area (Å²) < 4.78 is 0. The topological polar surface area (TPSA) is 20.3 Å². The van der Waals surface area contributed by atoms with Gasteiger partial charge >= 0.3 is 0 Å². The SMILES string of the molecule is CCCCN1C=CC(=C(C)C)C1=O. The molecule has 0 aromatic rings. The summed E-state index contributed by atoms with van der Waals surface area (Å²) in [5, 5.41) is 0.